The molecule has 1 heterocycles. The van der Waals surface area contributed by atoms with E-state index in [4.69, 9.17) is 4.74 Å². The van der Waals surface area contributed by atoms with Gasteiger partial charge in [-0.3, -0.25) is 9.48 Å². The van der Waals surface area contributed by atoms with Crippen molar-refractivity contribution in [2.45, 2.75) is 13.5 Å². The number of aryl methyl sites for hydroxylation is 1. The first-order valence-corrected chi connectivity index (χ1v) is 6.35. The second-order valence-electron chi connectivity index (χ2n) is 3.76. The molecule has 0 saturated carbocycles. The molecule has 2 rings (SSSR count). The van der Waals surface area contributed by atoms with Crippen LogP contribution in [0.3, 0.4) is 0 Å². The normalized spacial score (nSPS) is 10.4. The Balaban J connectivity index is 2.38. The Morgan fingerprint density at radius 1 is 1.50 bits per heavy atom. The molecule has 0 unspecified atom stereocenters. The molecule has 0 bridgehead atoms. The summed E-state index contributed by atoms with van der Waals surface area (Å²) in [6, 6.07) is 5.32. The van der Waals surface area contributed by atoms with Gasteiger partial charge in [-0.1, -0.05) is 15.9 Å². The Morgan fingerprint density at radius 3 is 2.89 bits per heavy atom. The van der Waals surface area contributed by atoms with E-state index in [-0.39, 0.29) is 5.78 Å². The SMILES string of the molecule is CCn1cc(C(=O)c2cc(OC)ccc2Br)cn1. The third kappa shape index (κ3) is 2.46. The maximum Gasteiger partial charge on any atom is 0.197 e. The number of hydrogen-bond acceptors (Lipinski definition) is 3. The average molecular weight is 309 g/mol. The minimum atomic E-state index is -0.0690. The Kier molecular flexibility index (Phi) is 3.81. The fraction of sp³-hybridized carbons (Fsp3) is 0.231. The molecular weight excluding hydrogens is 296 g/mol. The highest BCUT2D eigenvalue weighted by Gasteiger charge is 2.15. The number of nitrogens with zero attached hydrogens (tertiary/aromatic N) is 2. The summed E-state index contributed by atoms with van der Waals surface area (Å²) in [5.41, 5.74) is 1.15. The van der Waals surface area contributed by atoms with E-state index in [1.54, 1.807) is 42.4 Å². The maximum absolute atomic E-state index is 12.3. The van der Waals surface area contributed by atoms with Crippen LogP contribution in [0.25, 0.3) is 0 Å². The van der Waals surface area contributed by atoms with Crippen LogP contribution in [0.4, 0.5) is 0 Å². The van der Waals surface area contributed by atoms with Crippen molar-refractivity contribution in [3.63, 3.8) is 0 Å². The fourth-order valence-electron chi connectivity index (χ4n) is 1.61. The predicted octanol–water partition coefficient (Wildman–Crippen LogP) is 2.91. The third-order valence-electron chi connectivity index (χ3n) is 2.64. The Morgan fingerprint density at radius 2 is 2.28 bits per heavy atom. The van der Waals surface area contributed by atoms with Crippen LogP contribution in [0.15, 0.2) is 35.1 Å². The molecule has 0 saturated heterocycles. The summed E-state index contributed by atoms with van der Waals surface area (Å²) in [5, 5.41) is 4.10. The van der Waals surface area contributed by atoms with Crippen LogP contribution in [0.2, 0.25) is 0 Å². The van der Waals surface area contributed by atoms with Crippen molar-refractivity contribution in [1.29, 1.82) is 0 Å². The highest BCUT2D eigenvalue weighted by atomic mass is 79.9. The first kappa shape index (κ1) is 12.8. The van der Waals surface area contributed by atoms with Crippen molar-refractivity contribution in [2.75, 3.05) is 7.11 Å². The molecule has 0 atom stereocenters. The molecular formula is C13H13BrN2O2. The van der Waals surface area contributed by atoms with E-state index in [1.165, 1.54) is 0 Å². The molecule has 1 aromatic carbocycles. The number of halogens is 1. The highest BCUT2D eigenvalue weighted by molar-refractivity contribution is 9.10. The molecule has 5 heteroatoms. The summed E-state index contributed by atoms with van der Waals surface area (Å²) in [5.74, 6) is 0.588. The number of rotatable bonds is 4. The molecule has 0 radical (unpaired) electrons. The van der Waals surface area contributed by atoms with Crippen LogP contribution in [-0.4, -0.2) is 22.7 Å². The van der Waals surface area contributed by atoms with E-state index >= 15 is 0 Å². The van der Waals surface area contributed by atoms with Crippen LogP contribution in [0.1, 0.15) is 22.8 Å². The van der Waals surface area contributed by atoms with Gasteiger partial charge in [-0.15, -0.1) is 0 Å². The molecule has 18 heavy (non-hydrogen) atoms. The molecule has 4 nitrogen and oxygen atoms in total. The Hall–Kier alpha value is -1.62. The number of benzene rings is 1. The van der Waals surface area contributed by atoms with E-state index in [0.29, 0.717) is 16.9 Å². The van der Waals surface area contributed by atoms with Gasteiger partial charge in [0, 0.05) is 22.8 Å². The second kappa shape index (κ2) is 5.35. The zero-order valence-corrected chi connectivity index (χ0v) is 11.8. The molecule has 0 aliphatic heterocycles. The van der Waals surface area contributed by atoms with Crippen LogP contribution in [0, 0.1) is 0 Å². The zero-order valence-electron chi connectivity index (χ0n) is 10.2. The minimum Gasteiger partial charge on any atom is -0.497 e. The van der Waals surface area contributed by atoms with E-state index in [2.05, 4.69) is 21.0 Å². The monoisotopic (exact) mass is 308 g/mol. The molecule has 0 fully saturated rings. The first-order chi connectivity index (χ1) is 8.65. The zero-order chi connectivity index (χ0) is 13.1. The first-order valence-electron chi connectivity index (χ1n) is 5.56. The van der Waals surface area contributed by atoms with Gasteiger partial charge in [0.05, 0.1) is 18.9 Å². The summed E-state index contributed by atoms with van der Waals surface area (Å²) < 4.78 is 7.60. The topological polar surface area (TPSA) is 44.1 Å². The van der Waals surface area contributed by atoms with Crippen molar-refractivity contribution in [1.82, 2.24) is 9.78 Å². The van der Waals surface area contributed by atoms with Gasteiger partial charge in [-0.05, 0) is 25.1 Å². The van der Waals surface area contributed by atoms with Gasteiger partial charge in [0.25, 0.3) is 0 Å². The highest BCUT2D eigenvalue weighted by Crippen LogP contribution is 2.24. The number of hydrogen-bond donors (Lipinski definition) is 0. The smallest absolute Gasteiger partial charge is 0.197 e. The molecule has 0 aliphatic rings. The van der Waals surface area contributed by atoms with Crippen molar-refractivity contribution < 1.29 is 9.53 Å². The van der Waals surface area contributed by atoms with Gasteiger partial charge in [-0.2, -0.15) is 5.10 Å². The van der Waals surface area contributed by atoms with Crippen LogP contribution < -0.4 is 4.74 Å². The van der Waals surface area contributed by atoms with Gasteiger partial charge >= 0.3 is 0 Å². The van der Waals surface area contributed by atoms with Crippen molar-refractivity contribution in [3.05, 3.63) is 46.2 Å². The summed E-state index contributed by atoms with van der Waals surface area (Å²) in [7, 11) is 1.58. The lowest BCUT2D eigenvalue weighted by Crippen LogP contribution is -2.02. The van der Waals surface area contributed by atoms with Gasteiger partial charge in [0.1, 0.15) is 5.75 Å². The van der Waals surface area contributed by atoms with E-state index < -0.39 is 0 Å². The van der Waals surface area contributed by atoms with Gasteiger partial charge in [0.15, 0.2) is 5.78 Å². The van der Waals surface area contributed by atoms with Gasteiger partial charge in [0.2, 0.25) is 0 Å². The number of methoxy groups -OCH3 is 1. The predicted molar refractivity (Wildman–Crippen MR) is 72.0 cm³/mol. The molecule has 0 spiro atoms. The summed E-state index contributed by atoms with van der Waals surface area (Å²) in [6.45, 7) is 2.72. The lowest BCUT2D eigenvalue weighted by molar-refractivity contribution is 0.103. The average Bonchev–Trinajstić information content (AvgIpc) is 2.87. The number of ether oxygens (including phenoxy) is 1. The quantitative estimate of drug-likeness (QED) is 0.816. The molecule has 94 valence electrons. The van der Waals surface area contributed by atoms with E-state index in [0.717, 1.165) is 11.0 Å². The Bertz CT molecular complexity index is 578. The number of aromatic nitrogens is 2. The lowest BCUT2D eigenvalue weighted by Gasteiger charge is -2.05. The van der Waals surface area contributed by atoms with Crippen LogP contribution >= 0.6 is 15.9 Å². The maximum atomic E-state index is 12.3. The molecule has 2 aromatic rings. The van der Waals surface area contributed by atoms with Crippen molar-refractivity contribution in [2.24, 2.45) is 0 Å². The summed E-state index contributed by atoms with van der Waals surface area (Å²) in [6.07, 6.45) is 3.33. The standard InChI is InChI=1S/C13H13BrN2O2/c1-3-16-8-9(7-15-16)13(17)11-6-10(18-2)4-5-12(11)14/h4-8H,3H2,1-2H3. The van der Waals surface area contributed by atoms with E-state index in [1.807, 2.05) is 6.92 Å². The minimum absolute atomic E-state index is 0.0690. The van der Waals surface area contributed by atoms with E-state index in [9.17, 15) is 4.79 Å². The Labute approximate surface area is 114 Å². The summed E-state index contributed by atoms with van der Waals surface area (Å²) >= 11 is 3.38. The number of carbonyl (C=O) groups excluding carboxylic acids is 1. The lowest BCUT2D eigenvalue weighted by atomic mass is 10.1. The summed E-state index contributed by atoms with van der Waals surface area (Å²) in [4.78, 5) is 12.3. The largest absolute Gasteiger partial charge is 0.497 e. The second-order valence-corrected chi connectivity index (χ2v) is 4.61. The van der Waals surface area contributed by atoms with Crippen LogP contribution in [-0.2, 0) is 6.54 Å². The molecule has 0 N–H and O–H groups in total. The van der Waals surface area contributed by atoms with Gasteiger partial charge < -0.3 is 4.74 Å². The fourth-order valence-corrected chi connectivity index (χ4v) is 2.04. The van der Waals surface area contributed by atoms with Crippen LogP contribution in [0.5, 0.6) is 5.75 Å². The third-order valence-corrected chi connectivity index (χ3v) is 3.33. The number of ketones is 1. The molecule has 1 aromatic heterocycles. The molecule has 0 amide bonds. The van der Waals surface area contributed by atoms with Crippen molar-refractivity contribution >= 4 is 21.7 Å². The number of carbonyl (C=O) groups is 1. The van der Waals surface area contributed by atoms with Crippen molar-refractivity contribution in [3.8, 4) is 5.75 Å². The van der Waals surface area contributed by atoms with Gasteiger partial charge in [-0.25, -0.2) is 0 Å². The molecule has 0 aliphatic carbocycles.